The van der Waals surface area contributed by atoms with Crippen LogP contribution in [-0.2, 0) is 20.5 Å². The molecule has 0 saturated heterocycles. The van der Waals surface area contributed by atoms with Gasteiger partial charge in [0.05, 0.1) is 18.4 Å². The Kier molecular flexibility index (Phi) is 7.50. The van der Waals surface area contributed by atoms with Crippen LogP contribution in [0.25, 0.3) is 0 Å². The highest BCUT2D eigenvalue weighted by Crippen LogP contribution is 2.11. The van der Waals surface area contributed by atoms with Crippen LogP contribution in [0.2, 0.25) is 0 Å². The largest absolute Gasteiger partial charge is 0.465 e. The van der Waals surface area contributed by atoms with Gasteiger partial charge in [0, 0.05) is 12.6 Å². The molecule has 7 heteroatoms. The molecule has 0 aliphatic rings. The lowest BCUT2D eigenvalue weighted by molar-refractivity contribution is 0.0600. The van der Waals surface area contributed by atoms with Gasteiger partial charge in [-0.1, -0.05) is 31.9 Å². The third-order valence-electron chi connectivity index (χ3n) is 3.24. The van der Waals surface area contributed by atoms with Gasteiger partial charge in [-0.15, -0.1) is 0 Å². The van der Waals surface area contributed by atoms with Crippen molar-refractivity contribution in [1.82, 2.24) is 4.72 Å². The van der Waals surface area contributed by atoms with Gasteiger partial charge in [-0.05, 0) is 24.1 Å². The molecule has 0 amide bonds. The Bertz CT molecular complexity index is 587. The van der Waals surface area contributed by atoms with Gasteiger partial charge in [-0.2, -0.15) is 0 Å². The maximum Gasteiger partial charge on any atom is 0.337 e. The molecule has 0 aromatic heterocycles. The zero-order valence-electron chi connectivity index (χ0n) is 13.0. The number of methoxy groups -OCH3 is 1. The van der Waals surface area contributed by atoms with Gasteiger partial charge < -0.3 is 10.5 Å². The number of unbranched alkanes of at least 4 members (excludes halogenated alkanes) is 1. The number of ether oxygens (including phenoxy) is 1. The fourth-order valence-corrected chi connectivity index (χ4v) is 3.52. The molecule has 0 heterocycles. The quantitative estimate of drug-likeness (QED) is 0.668. The van der Waals surface area contributed by atoms with Crippen LogP contribution in [0, 0.1) is 0 Å². The van der Waals surface area contributed by atoms with Crippen molar-refractivity contribution in [3.8, 4) is 0 Å². The summed E-state index contributed by atoms with van der Waals surface area (Å²) in [6.07, 6.45) is 2.62. The predicted molar refractivity (Wildman–Crippen MR) is 85.9 cm³/mol. The van der Waals surface area contributed by atoms with Crippen molar-refractivity contribution in [1.29, 1.82) is 0 Å². The first-order valence-electron chi connectivity index (χ1n) is 7.29. The molecular weight excluding hydrogens is 304 g/mol. The molecule has 1 rings (SSSR count). The molecule has 1 unspecified atom stereocenters. The van der Waals surface area contributed by atoms with Crippen LogP contribution in [0.15, 0.2) is 24.3 Å². The molecule has 0 aliphatic carbocycles. The molecule has 0 saturated carbocycles. The summed E-state index contributed by atoms with van der Waals surface area (Å²) in [5.74, 6) is -0.685. The minimum atomic E-state index is -3.51. The van der Waals surface area contributed by atoms with E-state index in [-0.39, 0.29) is 18.3 Å². The zero-order valence-corrected chi connectivity index (χ0v) is 13.9. The Balaban J connectivity index is 2.77. The van der Waals surface area contributed by atoms with Crippen molar-refractivity contribution in [2.24, 2.45) is 5.73 Å². The first kappa shape index (κ1) is 18.6. The van der Waals surface area contributed by atoms with Gasteiger partial charge >= 0.3 is 5.97 Å². The van der Waals surface area contributed by atoms with Gasteiger partial charge in [-0.3, -0.25) is 0 Å². The third-order valence-corrected chi connectivity index (χ3v) is 4.65. The molecule has 3 N–H and O–H groups in total. The first-order chi connectivity index (χ1) is 10.4. The van der Waals surface area contributed by atoms with Crippen molar-refractivity contribution >= 4 is 16.0 Å². The number of esters is 1. The minimum absolute atomic E-state index is 0.194. The van der Waals surface area contributed by atoms with E-state index in [1.165, 1.54) is 13.2 Å². The van der Waals surface area contributed by atoms with Crippen LogP contribution in [0.3, 0.4) is 0 Å². The van der Waals surface area contributed by atoms with E-state index in [2.05, 4.69) is 9.46 Å². The van der Waals surface area contributed by atoms with Crippen LogP contribution in [0.5, 0.6) is 0 Å². The Morgan fingerprint density at radius 3 is 2.73 bits per heavy atom. The number of nitrogens with one attached hydrogen (secondary N) is 1. The molecule has 1 aromatic rings. The highest BCUT2D eigenvalue weighted by atomic mass is 32.2. The lowest BCUT2D eigenvalue weighted by Crippen LogP contribution is -2.40. The molecule has 1 aromatic carbocycles. The average Bonchev–Trinajstić information content (AvgIpc) is 2.50. The topological polar surface area (TPSA) is 98.5 Å². The summed E-state index contributed by atoms with van der Waals surface area (Å²) in [7, 11) is -2.22. The predicted octanol–water partition coefficient (Wildman–Crippen LogP) is 1.41. The number of benzene rings is 1. The third kappa shape index (κ3) is 6.13. The second-order valence-electron chi connectivity index (χ2n) is 5.14. The van der Waals surface area contributed by atoms with Crippen molar-refractivity contribution in [2.45, 2.75) is 38.0 Å². The fourth-order valence-electron chi connectivity index (χ4n) is 2.10. The summed E-state index contributed by atoms with van der Waals surface area (Å²) in [4.78, 5) is 11.5. The molecule has 124 valence electrons. The smallest absolute Gasteiger partial charge is 0.337 e. The van der Waals surface area contributed by atoms with Crippen molar-refractivity contribution in [2.75, 3.05) is 13.7 Å². The second-order valence-corrected chi connectivity index (χ2v) is 6.90. The minimum Gasteiger partial charge on any atom is -0.465 e. The van der Waals surface area contributed by atoms with E-state index >= 15 is 0 Å². The van der Waals surface area contributed by atoms with Crippen LogP contribution in [0.4, 0.5) is 0 Å². The number of nitrogens with two attached hydrogens (primary N) is 1. The summed E-state index contributed by atoms with van der Waals surface area (Å²) in [5, 5.41) is 0. The van der Waals surface area contributed by atoms with E-state index in [1.54, 1.807) is 18.2 Å². The number of rotatable bonds is 9. The van der Waals surface area contributed by atoms with Gasteiger partial charge in [0.25, 0.3) is 0 Å². The summed E-state index contributed by atoms with van der Waals surface area (Å²) < 4.78 is 31.6. The lowest BCUT2D eigenvalue weighted by atomic mass is 10.1. The number of hydrogen-bond donors (Lipinski definition) is 2. The second kappa shape index (κ2) is 8.87. The Hall–Kier alpha value is -1.44. The lowest BCUT2D eigenvalue weighted by Gasteiger charge is -2.16. The first-order valence-corrected chi connectivity index (χ1v) is 8.94. The normalized spacial score (nSPS) is 12.9. The van der Waals surface area contributed by atoms with Crippen molar-refractivity contribution in [3.05, 3.63) is 35.4 Å². The van der Waals surface area contributed by atoms with E-state index in [0.29, 0.717) is 17.5 Å². The molecule has 6 nitrogen and oxygen atoms in total. The molecule has 22 heavy (non-hydrogen) atoms. The summed E-state index contributed by atoms with van der Waals surface area (Å²) in [5.41, 5.74) is 6.47. The SMILES string of the molecule is CCCCC(CN)NS(=O)(=O)Cc1cccc(C(=O)OC)c1. The summed E-state index contributed by atoms with van der Waals surface area (Å²) in [6, 6.07) is 6.14. The fraction of sp³-hybridized carbons (Fsp3) is 0.533. The number of carbonyl (C=O) groups excluding carboxylic acids is 1. The van der Waals surface area contributed by atoms with E-state index in [1.807, 2.05) is 6.92 Å². The van der Waals surface area contributed by atoms with Crippen LogP contribution >= 0.6 is 0 Å². The Labute approximate surface area is 132 Å². The molecule has 0 spiro atoms. The highest BCUT2D eigenvalue weighted by molar-refractivity contribution is 7.88. The highest BCUT2D eigenvalue weighted by Gasteiger charge is 2.18. The number of sulfonamides is 1. The van der Waals surface area contributed by atoms with Gasteiger partial charge in [0.15, 0.2) is 0 Å². The van der Waals surface area contributed by atoms with Crippen molar-refractivity contribution < 1.29 is 17.9 Å². The molecule has 0 aliphatic heterocycles. The van der Waals surface area contributed by atoms with Crippen LogP contribution in [-0.4, -0.2) is 34.1 Å². The Morgan fingerprint density at radius 2 is 2.14 bits per heavy atom. The Morgan fingerprint density at radius 1 is 1.41 bits per heavy atom. The number of carbonyl (C=O) groups is 1. The van der Waals surface area contributed by atoms with E-state index < -0.39 is 16.0 Å². The average molecular weight is 328 g/mol. The molecule has 0 bridgehead atoms. The summed E-state index contributed by atoms with van der Waals surface area (Å²) in [6.45, 7) is 2.31. The van der Waals surface area contributed by atoms with Crippen LogP contribution < -0.4 is 10.5 Å². The monoisotopic (exact) mass is 328 g/mol. The maximum atomic E-state index is 12.2. The maximum absolute atomic E-state index is 12.2. The standard InChI is InChI=1S/C15H24N2O4S/c1-3-4-8-14(10-16)17-22(19,20)11-12-6-5-7-13(9-12)15(18)21-2/h5-7,9,14,17H,3-4,8,10-11,16H2,1-2H3. The van der Waals surface area contributed by atoms with E-state index in [4.69, 9.17) is 5.73 Å². The number of hydrogen-bond acceptors (Lipinski definition) is 5. The molecule has 0 radical (unpaired) electrons. The van der Waals surface area contributed by atoms with Crippen molar-refractivity contribution in [3.63, 3.8) is 0 Å². The van der Waals surface area contributed by atoms with E-state index in [0.717, 1.165) is 12.8 Å². The van der Waals surface area contributed by atoms with Crippen LogP contribution in [0.1, 0.15) is 42.1 Å². The zero-order chi connectivity index (χ0) is 16.6. The molecular formula is C15H24N2O4S. The van der Waals surface area contributed by atoms with E-state index in [9.17, 15) is 13.2 Å². The van der Waals surface area contributed by atoms with Gasteiger partial charge in [0.1, 0.15) is 0 Å². The molecule has 1 atom stereocenters. The van der Waals surface area contributed by atoms with Gasteiger partial charge in [-0.25, -0.2) is 17.9 Å². The molecule has 0 fully saturated rings. The van der Waals surface area contributed by atoms with Gasteiger partial charge in [0.2, 0.25) is 10.0 Å². The summed E-state index contributed by atoms with van der Waals surface area (Å²) >= 11 is 0.